The van der Waals surface area contributed by atoms with Crippen LogP contribution in [0.3, 0.4) is 0 Å². The summed E-state index contributed by atoms with van der Waals surface area (Å²) >= 11 is 0. The van der Waals surface area contributed by atoms with Crippen LogP contribution in [-0.4, -0.2) is 29.2 Å². The average molecular weight is 479 g/mol. The van der Waals surface area contributed by atoms with E-state index in [-0.39, 0.29) is 17.5 Å². The molecular weight excluding hydrogens is 450 g/mol. The van der Waals surface area contributed by atoms with Gasteiger partial charge in [-0.15, -0.1) is 0 Å². The first kappa shape index (κ1) is 25.1. The Bertz CT molecular complexity index is 1150. The van der Waals surface area contributed by atoms with Gasteiger partial charge in [-0.2, -0.15) is 0 Å². The predicted molar refractivity (Wildman–Crippen MR) is 121 cm³/mol. The molecule has 3 atom stereocenters. The second-order valence-electron chi connectivity index (χ2n) is 9.21. The topological polar surface area (TPSA) is 101 Å². The van der Waals surface area contributed by atoms with Crippen LogP contribution in [-0.2, 0) is 16.5 Å². The fourth-order valence-electron chi connectivity index (χ4n) is 3.65. The lowest BCUT2D eigenvalue weighted by molar-refractivity contribution is 0.129. The van der Waals surface area contributed by atoms with Gasteiger partial charge in [0.1, 0.15) is 23.7 Å². The minimum atomic E-state index is -1.63. The summed E-state index contributed by atoms with van der Waals surface area (Å²) in [5.41, 5.74) is 0.127. The maximum atomic E-state index is 15.2. The number of rotatable bonds is 7. The maximum absolute atomic E-state index is 15.2. The Morgan fingerprint density at radius 2 is 1.76 bits per heavy atom. The Kier molecular flexibility index (Phi) is 7.11. The number of aliphatic hydroxyl groups is 1. The van der Waals surface area contributed by atoms with E-state index in [0.29, 0.717) is 22.6 Å². The molecule has 3 aromatic rings. The number of nitrogens with zero attached hydrogens (tertiary/aromatic N) is 3. The Balaban J connectivity index is 2.14. The molecule has 0 bridgehead atoms. The van der Waals surface area contributed by atoms with Crippen molar-refractivity contribution in [2.75, 3.05) is 0 Å². The highest BCUT2D eigenvalue weighted by molar-refractivity contribution is 7.84. The number of benzene rings is 1. The van der Waals surface area contributed by atoms with Crippen LogP contribution in [0.5, 0.6) is 0 Å². The van der Waals surface area contributed by atoms with Gasteiger partial charge in [-0.3, -0.25) is 0 Å². The number of nitrogens with one attached hydrogen (secondary N) is 1. The van der Waals surface area contributed by atoms with E-state index in [1.165, 1.54) is 24.8 Å². The summed E-state index contributed by atoms with van der Waals surface area (Å²) in [5.74, 6) is -1.18. The molecule has 0 amide bonds. The van der Waals surface area contributed by atoms with E-state index in [1.54, 1.807) is 41.5 Å². The van der Waals surface area contributed by atoms with Crippen molar-refractivity contribution in [1.82, 2.24) is 19.8 Å². The van der Waals surface area contributed by atoms with Gasteiger partial charge in [0.05, 0.1) is 33.1 Å². The molecule has 0 aliphatic heterocycles. The van der Waals surface area contributed by atoms with Crippen LogP contribution < -0.4 is 4.72 Å². The first-order chi connectivity index (χ1) is 15.3. The van der Waals surface area contributed by atoms with Crippen LogP contribution in [0.4, 0.5) is 8.78 Å². The molecule has 2 N–H and O–H groups in total. The molecule has 0 aliphatic carbocycles. The van der Waals surface area contributed by atoms with Gasteiger partial charge in [0.15, 0.2) is 0 Å². The highest BCUT2D eigenvalue weighted by Gasteiger charge is 2.38. The third kappa shape index (κ3) is 5.34. The highest BCUT2D eigenvalue weighted by atomic mass is 32.2. The van der Waals surface area contributed by atoms with Crippen molar-refractivity contribution < 1.29 is 22.6 Å². The zero-order valence-corrected chi connectivity index (χ0v) is 20.3. The van der Waals surface area contributed by atoms with Crippen LogP contribution >= 0.6 is 0 Å². The SMILES string of the molecule is Cc1noc(C)c1[C@H](O)C[C@](C)(N[S@](=O)C(C)(C)C)c1cc(-c2cncnc2)c(F)cc1F. The van der Waals surface area contributed by atoms with Crippen molar-refractivity contribution in [3.05, 3.63) is 65.1 Å². The number of halogens is 2. The molecule has 0 spiro atoms. The van der Waals surface area contributed by atoms with Gasteiger partial charge in [-0.25, -0.2) is 27.7 Å². The number of aromatic nitrogens is 3. The van der Waals surface area contributed by atoms with Crippen LogP contribution in [0, 0.1) is 25.5 Å². The lowest BCUT2D eigenvalue weighted by Crippen LogP contribution is -2.47. The van der Waals surface area contributed by atoms with E-state index < -0.39 is 39.0 Å². The molecule has 7 nitrogen and oxygen atoms in total. The minimum Gasteiger partial charge on any atom is -0.388 e. The lowest BCUT2D eigenvalue weighted by Gasteiger charge is -2.36. The molecule has 0 aliphatic rings. The molecule has 10 heteroatoms. The van der Waals surface area contributed by atoms with Crippen LogP contribution in [0.1, 0.15) is 62.8 Å². The quantitative estimate of drug-likeness (QED) is 0.521. The molecule has 0 fully saturated rings. The van der Waals surface area contributed by atoms with Gasteiger partial charge in [-0.1, -0.05) is 5.16 Å². The number of hydrogen-bond acceptors (Lipinski definition) is 6. The third-order valence-corrected chi connectivity index (χ3v) is 7.17. The Hall–Kier alpha value is -2.56. The summed E-state index contributed by atoms with van der Waals surface area (Å²) in [6.45, 7) is 10.3. The van der Waals surface area contributed by atoms with Gasteiger partial charge < -0.3 is 9.63 Å². The largest absolute Gasteiger partial charge is 0.388 e. The van der Waals surface area contributed by atoms with E-state index in [1.807, 2.05) is 0 Å². The summed E-state index contributed by atoms with van der Waals surface area (Å²) in [7, 11) is -1.63. The van der Waals surface area contributed by atoms with Crippen molar-refractivity contribution in [3.8, 4) is 11.1 Å². The fraction of sp³-hybridized carbons (Fsp3) is 0.435. The second kappa shape index (κ2) is 9.36. The number of hydrogen-bond donors (Lipinski definition) is 2. The summed E-state index contributed by atoms with van der Waals surface area (Å²) < 4.78 is 50.4. The van der Waals surface area contributed by atoms with Crippen molar-refractivity contribution in [3.63, 3.8) is 0 Å². The Morgan fingerprint density at radius 3 is 2.30 bits per heavy atom. The van der Waals surface area contributed by atoms with E-state index in [4.69, 9.17) is 4.52 Å². The molecule has 0 saturated heterocycles. The molecule has 3 rings (SSSR count). The molecule has 0 unspecified atom stereocenters. The fourth-order valence-corrected chi connectivity index (χ4v) is 4.56. The third-order valence-electron chi connectivity index (χ3n) is 5.42. The van der Waals surface area contributed by atoms with E-state index in [0.717, 1.165) is 6.07 Å². The van der Waals surface area contributed by atoms with Crippen LogP contribution in [0.2, 0.25) is 0 Å². The Labute approximate surface area is 194 Å². The summed E-state index contributed by atoms with van der Waals surface area (Å²) in [4.78, 5) is 7.81. The molecule has 178 valence electrons. The highest BCUT2D eigenvalue weighted by Crippen LogP contribution is 2.38. The standard InChI is InChI=1S/C23H28F2N4O3S/c1-13-21(14(2)32-28-13)20(30)9-23(6,29-33(31)22(3,4)5)17-7-16(18(24)8-19(17)25)15-10-26-12-27-11-15/h7-8,10-12,20,29-30H,9H2,1-6H3/t20-,23+,33-/m1/s1. The van der Waals surface area contributed by atoms with Crippen molar-refractivity contribution in [2.24, 2.45) is 0 Å². The molecule has 0 saturated carbocycles. The van der Waals surface area contributed by atoms with E-state index in [2.05, 4.69) is 19.8 Å². The zero-order chi connectivity index (χ0) is 24.6. The maximum Gasteiger partial charge on any atom is 0.139 e. The zero-order valence-electron chi connectivity index (χ0n) is 19.4. The summed E-state index contributed by atoms with van der Waals surface area (Å²) in [5, 5.41) is 14.9. The summed E-state index contributed by atoms with van der Waals surface area (Å²) in [6.07, 6.45) is 2.96. The van der Waals surface area contributed by atoms with Crippen LogP contribution in [0.25, 0.3) is 11.1 Å². The van der Waals surface area contributed by atoms with E-state index >= 15 is 4.39 Å². The first-order valence-electron chi connectivity index (χ1n) is 10.4. The van der Waals surface area contributed by atoms with Gasteiger partial charge in [0.2, 0.25) is 0 Å². The van der Waals surface area contributed by atoms with E-state index in [9.17, 15) is 13.7 Å². The van der Waals surface area contributed by atoms with Gasteiger partial charge in [0.25, 0.3) is 0 Å². The van der Waals surface area contributed by atoms with Gasteiger partial charge >= 0.3 is 0 Å². The monoisotopic (exact) mass is 478 g/mol. The molecule has 2 heterocycles. The second-order valence-corrected chi connectivity index (χ2v) is 11.2. The smallest absolute Gasteiger partial charge is 0.139 e. The molecule has 1 aromatic carbocycles. The van der Waals surface area contributed by atoms with Gasteiger partial charge in [0, 0.05) is 47.1 Å². The van der Waals surface area contributed by atoms with Crippen molar-refractivity contribution in [1.29, 1.82) is 0 Å². The lowest BCUT2D eigenvalue weighted by atomic mass is 9.83. The van der Waals surface area contributed by atoms with Crippen molar-refractivity contribution >= 4 is 11.0 Å². The first-order valence-corrected chi connectivity index (χ1v) is 11.5. The Morgan fingerprint density at radius 1 is 1.12 bits per heavy atom. The van der Waals surface area contributed by atoms with Gasteiger partial charge in [-0.05, 0) is 47.6 Å². The number of aliphatic hydroxyl groups excluding tert-OH is 1. The minimum absolute atomic E-state index is 0.0474. The summed E-state index contributed by atoms with van der Waals surface area (Å²) in [6, 6.07) is 2.12. The number of aryl methyl sites for hydroxylation is 2. The van der Waals surface area contributed by atoms with Crippen LogP contribution in [0.15, 0.2) is 35.4 Å². The normalized spacial score (nSPS) is 15.8. The molecule has 2 aromatic heterocycles. The molecule has 0 radical (unpaired) electrons. The molecule has 33 heavy (non-hydrogen) atoms. The molecular formula is C23H28F2N4O3S. The predicted octanol–water partition coefficient (Wildman–Crippen LogP) is 4.42. The van der Waals surface area contributed by atoms with Crippen molar-refractivity contribution in [2.45, 2.75) is 64.4 Å². The average Bonchev–Trinajstić information content (AvgIpc) is 3.06.